The van der Waals surface area contributed by atoms with Gasteiger partial charge in [-0.15, -0.1) is 0 Å². The van der Waals surface area contributed by atoms with Crippen molar-refractivity contribution < 1.29 is 0 Å². The number of nitrogens with zero attached hydrogens (tertiary/aromatic N) is 2. The van der Waals surface area contributed by atoms with Crippen molar-refractivity contribution in [1.82, 2.24) is 9.55 Å². The van der Waals surface area contributed by atoms with Gasteiger partial charge in [0.15, 0.2) is 0 Å². The van der Waals surface area contributed by atoms with E-state index in [4.69, 9.17) is 17.3 Å². The predicted octanol–water partition coefficient (Wildman–Crippen LogP) is 1.99. The summed E-state index contributed by atoms with van der Waals surface area (Å²) < 4.78 is 1.98. The van der Waals surface area contributed by atoms with Gasteiger partial charge in [0.25, 0.3) is 0 Å². The molecular weight excluding hydrogens is 198 g/mol. The van der Waals surface area contributed by atoms with Gasteiger partial charge in [-0.1, -0.05) is 11.6 Å². The molecule has 3 nitrogen and oxygen atoms in total. The molecular formula is C10H12ClN3. The van der Waals surface area contributed by atoms with Crippen molar-refractivity contribution in [2.75, 3.05) is 0 Å². The quantitative estimate of drug-likeness (QED) is 0.781. The fourth-order valence-electron chi connectivity index (χ4n) is 1.61. The van der Waals surface area contributed by atoms with Gasteiger partial charge in [0, 0.05) is 7.05 Å². The molecule has 1 aromatic heterocycles. The highest BCUT2D eigenvalue weighted by atomic mass is 35.5. The van der Waals surface area contributed by atoms with E-state index in [1.807, 2.05) is 24.6 Å². The number of halogens is 1. The van der Waals surface area contributed by atoms with E-state index in [1.165, 1.54) is 0 Å². The van der Waals surface area contributed by atoms with Gasteiger partial charge < -0.3 is 10.3 Å². The number of hydrogen-bond donors (Lipinski definition) is 1. The Bertz CT molecular complexity index is 488. The van der Waals surface area contributed by atoms with Crippen LogP contribution < -0.4 is 5.73 Å². The Morgan fingerprint density at radius 1 is 1.50 bits per heavy atom. The number of nitrogens with two attached hydrogens (primary N) is 1. The minimum atomic E-state index is 0.431. The predicted molar refractivity (Wildman–Crippen MR) is 58.4 cm³/mol. The van der Waals surface area contributed by atoms with Gasteiger partial charge in [0.1, 0.15) is 11.3 Å². The summed E-state index contributed by atoms with van der Waals surface area (Å²) in [5, 5.41) is 0.690. The molecule has 0 atom stereocenters. The summed E-state index contributed by atoms with van der Waals surface area (Å²) in [5.41, 5.74) is 8.58. The number of imidazole rings is 1. The average Bonchev–Trinajstić information content (AvgIpc) is 2.44. The lowest BCUT2D eigenvalue weighted by molar-refractivity contribution is 0.813. The molecule has 0 saturated heterocycles. The van der Waals surface area contributed by atoms with Crippen molar-refractivity contribution >= 4 is 22.6 Å². The van der Waals surface area contributed by atoms with Crippen LogP contribution in [0.25, 0.3) is 11.0 Å². The summed E-state index contributed by atoms with van der Waals surface area (Å²) in [7, 11) is 1.95. The van der Waals surface area contributed by atoms with Crippen LogP contribution in [0, 0.1) is 6.92 Å². The van der Waals surface area contributed by atoms with Gasteiger partial charge in [-0.25, -0.2) is 4.98 Å². The van der Waals surface area contributed by atoms with Gasteiger partial charge in [-0.3, -0.25) is 0 Å². The van der Waals surface area contributed by atoms with E-state index in [9.17, 15) is 0 Å². The number of rotatable bonds is 1. The monoisotopic (exact) mass is 209 g/mol. The zero-order chi connectivity index (χ0) is 10.3. The summed E-state index contributed by atoms with van der Waals surface area (Å²) in [4.78, 5) is 4.38. The number of aromatic nitrogens is 2. The van der Waals surface area contributed by atoms with Crippen molar-refractivity contribution in [3.63, 3.8) is 0 Å². The molecule has 0 radical (unpaired) electrons. The van der Waals surface area contributed by atoms with Crippen molar-refractivity contribution in [3.8, 4) is 0 Å². The van der Waals surface area contributed by atoms with Gasteiger partial charge in [0.05, 0.1) is 17.1 Å². The van der Waals surface area contributed by atoms with Crippen LogP contribution in [0.1, 0.15) is 11.4 Å². The van der Waals surface area contributed by atoms with Crippen LogP contribution in [0.5, 0.6) is 0 Å². The summed E-state index contributed by atoms with van der Waals surface area (Å²) in [6.45, 7) is 2.45. The van der Waals surface area contributed by atoms with Crippen LogP contribution in [0.2, 0.25) is 5.02 Å². The smallest absolute Gasteiger partial charge is 0.123 e. The van der Waals surface area contributed by atoms with Crippen molar-refractivity contribution in [1.29, 1.82) is 0 Å². The Kier molecular flexibility index (Phi) is 2.21. The summed E-state index contributed by atoms with van der Waals surface area (Å²) in [5.74, 6) is 0.854. The van der Waals surface area contributed by atoms with Crippen molar-refractivity contribution in [2.24, 2.45) is 12.8 Å². The van der Waals surface area contributed by atoms with E-state index >= 15 is 0 Å². The SMILES string of the molecule is Cc1cc(Cl)c2nc(CN)n(C)c2c1. The van der Waals surface area contributed by atoms with Crippen LogP contribution in [0.4, 0.5) is 0 Å². The van der Waals surface area contributed by atoms with Crippen LogP contribution in [0.3, 0.4) is 0 Å². The van der Waals surface area contributed by atoms with Crippen molar-refractivity contribution in [2.45, 2.75) is 13.5 Å². The zero-order valence-electron chi connectivity index (χ0n) is 8.21. The Morgan fingerprint density at radius 3 is 2.86 bits per heavy atom. The molecule has 0 saturated carbocycles. The third-order valence-corrected chi connectivity index (χ3v) is 2.65. The van der Waals surface area contributed by atoms with E-state index in [0.717, 1.165) is 22.4 Å². The van der Waals surface area contributed by atoms with E-state index in [2.05, 4.69) is 11.1 Å². The highest BCUT2D eigenvalue weighted by Crippen LogP contribution is 2.24. The zero-order valence-corrected chi connectivity index (χ0v) is 8.97. The molecule has 1 heterocycles. The summed E-state index contributed by atoms with van der Waals surface area (Å²) in [6, 6.07) is 3.98. The number of fused-ring (bicyclic) bond motifs is 1. The first-order valence-electron chi connectivity index (χ1n) is 4.45. The van der Waals surface area contributed by atoms with E-state index in [1.54, 1.807) is 0 Å². The topological polar surface area (TPSA) is 43.8 Å². The Balaban J connectivity index is 2.85. The highest BCUT2D eigenvalue weighted by molar-refractivity contribution is 6.35. The van der Waals surface area contributed by atoms with Crippen LogP contribution in [-0.2, 0) is 13.6 Å². The fraction of sp³-hybridized carbons (Fsp3) is 0.300. The molecule has 2 aromatic rings. The first-order valence-corrected chi connectivity index (χ1v) is 4.83. The maximum Gasteiger partial charge on any atom is 0.123 e. The third-order valence-electron chi connectivity index (χ3n) is 2.36. The number of hydrogen-bond acceptors (Lipinski definition) is 2. The largest absolute Gasteiger partial charge is 0.330 e. The normalized spacial score (nSPS) is 11.1. The van der Waals surface area contributed by atoms with E-state index in [0.29, 0.717) is 11.6 Å². The molecule has 0 unspecified atom stereocenters. The molecule has 0 aliphatic rings. The molecule has 2 N–H and O–H groups in total. The van der Waals surface area contributed by atoms with Crippen LogP contribution in [-0.4, -0.2) is 9.55 Å². The Hall–Kier alpha value is -1.06. The van der Waals surface area contributed by atoms with Crippen molar-refractivity contribution in [3.05, 3.63) is 28.5 Å². The summed E-state index contributed by atoms with van der Waals surface area (Å²) in [6.07, 6.45) is 0. The second kappa shape index (κ2) is 3.26. The molecule has 2 rings (SSSR count). The van der Waals surface area contributed by atoms with Crippen LogP contribution >= 0.6 is 11.6 Å². The lowest BCUT2D eigenvalue weighted by atomic mass is 10.2. The molecule has 0 bridgehead atoms. The number of aryl methyl sites for hydroxylation is 2. The molecule has 0 amide bonds. The molecule has 14 heavy (non-hydrogen) atoms. The minimum absolute atomic E-state index is 0.431. The Labute approximate surface area is 87.5 Å². The Morgan fingerprint density at radius 2 is 2.21 bits per heavy atom. The van der Waals surface area contributed by atoms with Gasteiger partial charge >= 0.3 is 0 Å². The van der Waals surface area contributed by atoms with Gasteiger partial charge in [0.2, 0.25) is 0 Å². The second-order valence-corrected chi connectivity index (χ2v) is 3.81. The summed E-state index contributed by atoms with van der Waals surface area (Å²) >= 11 is 6.09. The average molecular weight is 210 g/mol. The molecule has 0 fully saturated rings. The van der Waals surface area contributed by atoms with E-state index < -0.39 is 0 Å². The molecule has 0 spiro atoms. The molecule has 1 aromatic carbocycles. The first kappa shape index (κ1) is 9.49. The third kappa shape index (κ3) is 1.29. The molecule has 0 aliphatic heterocycles. The number of benzene rings is 1. The second-order valence-electron chi connectivity index (χ2n) is 3.41. The standard InChI is InChI=1S/C10H12ClN3/c1-6-3-7(11)10-8(4-6)14(2)9(5-12)13-10/h3-4H,5,12H2,1-2H3. The van der Waals surface area contributed by atoms with Crippen LogP contribution in [0.15, 0.2) is 12.1 Å². The van der Waals surface area contributed by atoms with Gasteiger partial charge in [-0.2, -0.15) is 0 Å². The van der Waals surface area contributed by atoms with Gasteiger partial charge in [-0.05, 0) is 24.6 Å². The van der Waals surface area contributed by atoms with E-state index in [-0.39, 0.29) is 0 Å². The fourth-order valence-corrected chi connectivity index (χ4v) is 1.92. The lowest BCUT2D eigenvalue weighted by Gasteiger charge is -1.99. The highest BCUT2D eigenvalue weighted by Gasteiger charge is 2.09. The molecule has 0 aliphatic carbocycles. The first-order chi connectivity index (χ1) is 6.63. The lowest BCUT2D eigenvalue weighted by Crippen LogP contribution is -2.04. The maximum atomic E-state index is 6.09. The molecule has 4 heteroatoms. The molecule has 74 valence electrons. The maximum absolute atomic E-state index is 6.09. The minimum Gasteiger partial charge on any atom is -0.330 e.